The van der Waals surface area contributed by atoms with Gasteiger partial charge < -0.3 is 0 Å². The van der Waals surface area contributed by atoms with Gasteiger partial charge >= 0.3 is 0 Å². The number of hydrogen-bond donors (Lipinski definition) is 0. The minimum absolute atomic E-state index is 0.135. The second-order valence-electron chi connectivity index (χ2n) is 9.83. The van der Waals surface area contributed by atoms with Gasteiger partial charge in [-0.15, -0.1) is 0 Å². The summed E-state index contributed by atoms with van der Waals surface area (Å²) >= 11 is 0. The fraction of sp³-hybridized carbons (Fsp3) is 0.267. The number of benzene rings is 4. The summed E-state index contributed by atoms with van der Waals surface area (Å²) in [5.41, 5.74) is 11.0. The lowest BCUT2D eigenvalue weighted by Gasteiger charge is -2.46. The van der Waals surface area contributed by atoms with Crippen LogP contribution < -0.4 is 0 Å². The van der Waals surface area contributed by atoms with E-state index in [-0.39, 0.29) is 5.41 Å². The lowest BCUT2D eigenvalue weighted by Crippen LogP contribution is -2.44. The molecule has 0 saturated carbocycles. The Balaban J connectivity index is 1.60. The van der Waals surface area contributed by atoms with Crippen molar-refractivity contribution in [1.82, 2.24) is 0 Å². The molecule has 7 rings (SSSR count). The highest BCUT2D eigenvalue weighted by atomic mass is 14.6. The molecule has 0 unspecified atom stereocenters. The molecular formula is C30H26. The maximum absolute atomic E-state index is 2.45. The average Bonchev–Trinajstić information content (AvgIpc) is 3.03. The monoisotopic (exact) mass is 386 g/mol. The van der Waals surface area contributed by atoms with E-state index in [9.17, 15) is 0 Å². The Morgan fingerprint density at radius 2 is 1.23 bits per heavy atom. The Bertz CT molecular complexity index is 1290. The fourth-order valence-electron chi connectivity index (χ4n) is 7.30. The third kappa shape index (κ3) is 2.02. The van der Waals surface area contributed by atoms with Crippen LogP contribution in [0.5, 0.6) is 0 Å². The molecule has 0 aliphatic heterocycles. The number of fused-ring (bicyclic) bond motifs is 1. The van der Waals surface area contributed by atoms with Gasteiger partial charge in [-0.1, -0.05) is 84.4 Å². The molecule has 4 aromatic rings. The molecule has 0 nitrogen and oxygen atoms in total. The van der Waals surface area contributed by atoms with Crippen LogP contribution in [0.3, 0.4) is 0 Å². The van der Waals surface area contributed by atoms with Gasteiger partial charge in [-0.05, 0) is 88.6 Å². The fourth-order valence-corrected chi connectivity index (χ4v) is 7.30. The number of hydrogen-bond acceptors (Lipinski definition) is 0. The SMILES string of the molecule is Cc1ccc([C@]23c4c5ccc6cccc(c46)C[C@@H]2Cc2ccccc2C[C@@H]3C5)cc1. The van der Waals surface area contributed by atoms with Gasteiger partial charge in [-0.3, -0.25) is 0 Å². The molecule has 0 aromatic heterocycles. The average molecular weight is 387 g/mol. The molecule has 0 spiro atoms. The van der Waals surface area contributed by atoms with Crippen LogP contribution in [0.25, 0.3) is 10.8 Å². The van der Waals surface area contributed by atoms with Crippen LogP contribution >= 0.6 is 0 Å². The largest absolute Gasteiger partial charge is 0.0620 e. The molecule has 0 fully saturated rings. The summed E-state index contributed by atoms with van der Waals surface area (Å²) in [6.07, 6.45) is 4.77. The summed E-state index contributed by atoms with van der Waals surface area (Å²) in [4.78, 5) is 0. The van der Waals surface area contributed by atoms with E-state index in [4.69, 9.17) is 0 Å². The summed E-state index contributed by atoms with van der Waals surface area (Å²) in [5.74, 6) is 1.26. The van der Waals surface area contributed by atoms with Gasteiger partial charge in [0.1, 0.15) is 0 Å². The van der Waals surface area contributed by atoms with Gasteiger partial charge in [0.15, 0.2) is 0 Å². The summed E-state index contributed by atoms with van der Waals surface area (Å²) < 4.78 is 0. The second-order valence-corrected chi connectivity index (χ2v) is 9.83. The van der Waals surface area contributed by atoms with E-state index in [0.717, 1.165) is 0 Å². The number of aryl methyl sites for hydroxylation is 1. The van der Waals surface area contributed by atoms with E-state index in [0.29, 0.717) is 11.8 Å². The zero-order chi connectivity index (χ0) is 19.9. The first-order valence-corrected chi connectivity index (χ1v) is 11.4. The smallest absolute Gasteiger partial charge is 0.0280 e. The first kappa shape index (κ1) is 16.9. The van der Waals surface area contributed by atoms with Crippen LogP contribution in [0.2, 0.25) is 0 Å². The van der Waals surface area contributed by atoms with Gasteiger partial charge in [0.2, 0.25) is 0 Å². The summed E-state index contributed by atoms with van der Waals surface area (Å²) in [6, 6.07) is 30.6. The molecule has 0 bridgehead atoms. The summed E-state index contributed by atoms with van der Waals surface area (Å²) in [7, 11) is 0. The van der Waals surface area contributed by atoms with Crippen molar-refractivity contribution in [1.29, 1.82) is 0 Å². The summed E-state index contributed by atoms with van der Waals surface area (Å²) in [5, 5.41) is 3.00. The predicted octanol–water partition coefficient (Wildman–Crippen LogP) is 6.58. The van der Waals surface area contributed by atoms with Crippen molar-refractivity contribution >= 4 is 10.8 Å². The third-order valence-corrected chi connectivity index (χ3v) is 8.43. The Kier molecular flexibility index (Phi) is 3.29. The molecule has 0 radical (unpaired) electrons. The molecule has 0 saturated heterocycles. The topological polar surface area (TPSA) is 0 Å². The standard InChI is InChI=1S/C30H26/c1-19-9-13-25(14-10-19)30-26-15-21-5-2-3-6-22(21)16-27(30)18-24-12-11-20-7-4-8-23(17-26)28(20)29(24)30/h2-14,26-27H,15-18H2,1H3/t26-,27+,30-/m0/s1. The van der Waals surface area contributed by atoms with Crippen LogP contribution in [0, 0.1) is 18.8 Å². The molecule has 3 aliphatic carbocycles. The van der Waals surface area contributed by atoms with Crippen LogP contribution in [0.1, 0.15) is 38.9 Å². The van der Waals surface area contributed by atoms with E-state index in [1.165, 1.54) is 36.6 Å². The van der Waals surface area contributed by atoms with Crippen molar-refractivity contribution in [2.75, 3.05) is 0 Å². The maximum atomic E-state index is 2.45. The lowest BCUT2D eigenvalue weighted by molar-refractivity contribution is 0.233. The highest BCUT2D eigenvalue weighted by Crippen LogP contribution is 2.61. The highest BCUT2D eigenvalue weighted by molar-refractivity contribution is 5.93. The van der Waals surface area contributed by atoms with Crippen molar-refractivity contribution < 1.29 is 0 Å². The van der Waals surface area contributed by atoms with Crippen LogP contribution in [0.15, 0.2) is 78.9 Å². The Labute approximate surface area is 178 Å². The van der Waals surface area contributed by atoms with Crippen molar-refractivity contribution in [3.8, 4) is 0 Å². The molecule has 146 valence electrons. The molecule has 3 aliphatic rings. The van der Waals surface area contributed by atoms with Crippen LogP contribution in [0.4, 0.5) is 0 Å². The third-order valence-electron chi connectivity index (χ3n) is 8.43. The number of rotatable bonds is 1. The predicted molar refractivity (Wildman–Crippen MR) is 124 cm³/mol. The van der Waals surface area contributed by atoms with E-state index in [2.05, 4.69) is 85.8 Å². The Morgan fingerprint density at radius 1 is 0.600 bits per heavy atom. The minimum Gasteiger partial charge on any atom is -0.0620 e. The second kappa shape index (κ2) is 5.85. The molecular weight excluding hydrogens is 360 g/mol. The van der Waals surface area contributed by atoms with Crippen molar-refractivity contribution in [2.24, 2.45) is 11.8 Å². The molecule has 30 heavy (non-hydrogen) atoms. The molecule has 0 amide bonds. The minimum atomic E-state index is 0.135. The van der Waals surface area contributed by atoms with E-state index >= 15 is 0 Å². The highest BCUT2D eigenvalue weighted by Gasteiger charge is 2.56. The van der Waals surface area contributed by atoms with Crippen LogP contribution in [-0.2, 0) is 31.1 Å². The zero-order valence-electron chi connectivity index (χ0n) is 17.5. The lowest BCUT2D eigenvalue weighted by atomic mass is 9.56. The maximum Gasteiger partial charge on any atom is 0.0280 e. The van der Waals surface area contributed by atoms with Crippen molar-refractivity contribution in [3.63, 3.8) is 0 Å². The van der Waals surface area contributed by atoms with Crippen LogP contribution in [-0.4, -0.2) is 0 Å². The van der Waals surface area contributed by atoms with Gasteiger partial charge in [-0.25, -0.2) is 0 Å². The Morgan fingerprint density at radius 3 is 1.97 bits per heavy atom. The van der Waals surface area contributed by atoms with Gasteiger partial charge in [0.05, 0.1) is 0 Å². The van der Waals surface area contributed by atoms with E-state index < -0.39 is 0 Å². The molecule has 4 aromatic carbocycles. The van der Waals surface area contributed by atoms with Gasteiger partial charge in [0, 0.05) is 5.41 Å². The Hall–Kier alpha value is -2.86. The van der Waals surface area contributed by atoms with E-state index in [1.807, 2.05) is 0 Å². The van der Waals surface area contributed by atoms with Gasteiger partial charge in [-0.2, -0.15) is 0 Å². The molecule has 0 heterocycles. The normalized spacial score (nSPS) is 25.8. The first-order chi connectivity index (χ1) is 14.7. The zero-order valence-corrected chi connectivity index (χ0v) is 17.5. The molecule has 0 heteroatoms. The van der Waals surface area contributed by atoms with Gasteiger partial charge in [0.25, 0.3) is 0 Å². The molecule has 3 atom stereocenters. The summed E-state index contributed by atoms with van der Waals surface area (Å²) in [6.45, 7) is 2.21. The first-order valence-electron chi connectivity index (χ1n) is 11.4. The quantitative estimate of drug-likeness (QED) is 0.347. The van der Waals surface area contributed by atoms with Crippen molar-refractivity contribution in [3.05, 3.63) is 118 Å². The van der Waals surface area contributed by atoms with Crippen molar-refractivity contribution in [2.45, 2.75) is 38.0 Å². The van der Waals surface area contributed by atoms with E-state index in [1.54, 1.807) is 38.8 Å². The molecule has 0 N–H and O–H groups in total.